The van der Waals surface area contributed by atoms with Crippen molar-refractivity contribution in [1.82, 2.24) is 15.5 Å². The summed E-state index contributed by atoms with van der Waals surface area (Å²) in [5, 5.41) is 6.36. The molecule has 1 aliphatic rings. The summed E-state index contributed by atoms with van der Waals surface area (Å²) in [6.45, 7) is 4.52. The highest BCUT2D eigenvalue weighted by atomic mass is 127. The van der Waals surface area contributed by atoms with Gasteiger partial charge in [0.25, 0.3) is 0 Å². The molecule has 1 saturated heterocycles. The molecule has 0 saturated carbocycles. The highest BCUT2D eigenvalue weighted by Gasteiger charge is 2.28. The summed E-state index contributed by atoms with van der Waals surface area (Å²) in [7, 11) is 1.23. The third-order valence-corrected chi connectivity index (χ3v) is 4.72. The fraction of sp³-hybridized carbons (Fsp3) is 0.917. The van der Waals surface area contributed by atoms with E-state index in [1.54, 1.807) is 0 Å². The predicted molar refractivity (Wildman–Crippen MR) is 94.8 cm³/mol. The molecule has 0 aliphatic carbocycles. The van der Waals surface area contributed by atoms with Gasteiger partial charge in [-0.2, -0.15) is 0 Å². The molecule has 1 atom stereocenters. The lowest BCUT2D eigenvalue weighted by molar-refractivity contribution is 0.403. The van der Waals surface area contributed by atoms with Crippen molar-refractivity contribution >= 4 is 39.8 Å². The summed E-state index contributed by atoms with van der Waals surface area (Å²) in [5.74, 6) is 1.23. The van der Waals surface area contributed by atoms with Crippen LogP contribution in [0, 0.1) is 0 Å². The first-order valence-electron chi connectivity index (χ1n) is 6.83. The fourth-order valence-corrected chi connectivity index (χ4v) is 3.67. The normalized spacial score (nSPS) is 21.6. The number of guanidine groups is 1. The van der Waals surface area contributed by atoms with Crippen LogP contribution in [-0.2, 0) is 9.84 Å². The first-order valence-corrected chi connectivity index (χ1v) is 8.65. The molecule has 1 unspecified atom stereocenters. The summed E-state index contributed by atoms with van der Waals surface area (Å²) < 4.78 is 22.8. The van der Waals surface area contributed by atoms with Crippen molar-refractivity contribution in [2.45, 2.75) is 25.8 Å². The Balaban J connectivity index is 0.00000361. The molecule has 1 rings (SSSR count). The topological polar surface area (TPSA) is 73.8 Å². The highest BCUT2D eigenvalue weighted by Crippen LogP contribution is 2.10. The van der Waals surface area contributed by atoms with E-state index in [1.165, 1.54) is 0 Å². The molecule has 20 heavy (non-hydrogen) atoms. The van der Waals surface area contributed by atoms with Crippen molar-refractivity contribution in [1.29, 1.82) is 0 Å². The van der Waals surface area contributed by atoms with E-state index in [-0.39, 0.29) is 41.5 Å². The van der Waals surface area contributed by atoms with Gasteiger partial charge in [-0.05, 0) is 40.4 Å². The van der Waals surface area contributed by atoms with Crippen LogP contribution < -0.4 is 10.6 Å². The fourth-order valence-electron chi connectivity index (χ4n) is 2.00. The van der Waals surface area contributed by atoms with Crippen LogP contribution in [-0.4, -0.2) is 70.6 Å². The smallest absolute Gasteiger partial charge is 0.191 e. The van der Waals surface area contributed by atoms with Gasteiger partial charge in [0.2, 0.25) is 0 Å². The van der Waals surface area contributed by atoms with Gasteiger partial charge in [0, 0.05) is 19.1 Å². The van der Waals surface area contributed by atoms with Crippen LogP contribution in [0.15, 0.2) is 4.99 Å². The van der Waals surface area contributed by atoms with E-state index < -0.39 is 9.84 Å². The SMILES string of the molecule is CCNC(=NCCCN(C)C)NC1CCS(=O)(=O)C1.I. The Morgan fingerprint density at radius 3 is 2.60 bits per heavy atom. The molecule has 0 aromatic carbocycles. The standard InChI is InChI=1S/C12H26N4O2S.HI/c1-4-13-12(14-7-5-8-16(2)3)15-11-6-9-19(17,18)10-11;/h11H,4-10H2,1-3H3,(H2,13,14,15);1H. The quantitative estimate of drug-likeness (QED) is 0.281. The van der Waals surface area contributed by atoms with Gasteiger partial charge in [-0.3, -0.25) is 4.99 Å². The van der Waals surface area contributed by atoms with Gasteiger partial charge in [-0.25, -0.2) is 8.42 Å². The minimum Gasteiger partial charge on any atom is -0.357 e. The molecule has 1 heterocycles. The zero-order valence-corrected chi connectivity index (χ0v) is 15.7. The van der Waals surface area contributed by atoms with Crippen molar-refractivity contribution in [3.63, 3.8) is 0 Å². The van der Waals surface area contributed by atoms with Gasteiger partial charge in [0.15, 0.2) is 15.8 Å². The van der Waals surface area contributed by atoms with Crippen molar-refractivity contribution in [2.75, 3.05) is 45.2 Å². The van der Waals surface area contributed by atoms with Crippen LogP contribution in [0.2, 0.25) is 0 Å². The lowest BCUT2D eigenvalue weighted by Crippen LogP contribution is -2.44. The second kappa shape index (κ2) is 9.78. The van der Waals surface area contributed by atoms with Crippen LogP contribution in [0.1, 0.15) is 19.8 Å². The molecule has 1 aliphatic heterocycles. The maximum atomic E-state index is 11.4. The van der Waals surface area contributed by atoms with Gasteiger partial charge < -0.3 is 15.5 Å². The Kier molecular flexibility index (Phi) is 9.73. The Morgan fingerprint density at radius 2 is 2.10 bits per heavy atom. The molecule has 8 heteroatoms. The number of nitrogens with one attached hydrogen (secondary N) is 2. The summed E-state index contributed by atoms with van der Waals surface area (Å²) in [6.07, 6.45) is 1.66. The van der Waals surface area contributed by atoms with Crippen LogP contribution in [0.4, 0.5) is 0 Å². The van der Waals surface area contributed by atoms with Crippen LogP contribution in [0.25, 0.3) is 0 Å². The van der Waals surface area contributed by atoms with Gasteiger partial charge in [-0.1, -0.05) is 0 Å². The number of sulfone groups is 1. The molecule has 1 fully saturated rings. The second-order valence-corrected chi connectivity index (χ2v) is 7.39. The zero-order chi connectivity index (χ0) is 14.3. The maximum absolute atomic E-state index is 11.4. The molecular formula is C12H27IN4O2S. The average molecular weight is 418 g/mol. The Morgan fingerprint density at radius 1 is 1.40 bits per heavy atom. The van der Waals surface area contributed by atoms with Crippen molar-refractivity contribution in [2.24, 2.45) is 4.99 Å². The first kappa shape index (κ1) is 19.9. The summed E-state index contributed by atoms with van der Waals surface area (Å²) in [5.41, 5.74) is 0. The second-order valence-electron chi connectivity index (χ2n) is 5.16. The zero-order valence-electron chi connectivity index (χ0n) is 12.6. The van der Waals surface area contributed by atoms with E-state index >= 15 is 0 Å². The van der Waals surface area contributed by atoms with E-state index in [9.17, 15) is 8.42 Å². The van der Waals surface area contributed by atoms with Crippen LogP contribution in [0.5, 0.6) is 0 Å². The van der Waals surface area contributed by atoms with Crippen molar-refractivity contribution < 1.29 is 8.42 Å². The molecule has 120 valence electrons. The van der Waals surface area contributed by atoms with E-state index in [0.29, 0.717) is 6.42 Å². The van der Waals surface area contributed by atoms with Gasteiger partial charge >= 0.3 is 0 Å². The minimum atomic E-state index is -2.84. The Hall–Kier alpha value is -0.0900. The third-order valence-electron chi connectivity index (χ3n) is 2.95. The van der Waals surface area contributed by atoms with E-state index in [4.69, 9.17) is 0 Å². The number of hydrogen-bond donors (Lipinski definition) is 2. The third kappa shape index (κ3) is 8.25. The van der Waals surface area contributed by atoms with E-state index in [0.717, 1.165) is 32.0 Å². The van der Waals surface area contributed by atoms with E-state index in [1.807, 2.05) is 21.0 Å². The number of hydrogen-bond acceptors (Lipinski definition) is 4. The molecule has 0 spiro atoms. The predicted octanol–water partition coefficient (Wildman–Crippen LogP) is 0.298. The number of nitrogens with zero attached hydrogens (tertiary/aromatic N) is 2. The molecule has 0 radical (unpaired) electrons. The molecule has 0 aromatic rings. The highest BCUT2D eigenvalue weighted by molar-refractivity contribution is 14.0. The Bertz CT molecular complexity index is 398. The summed E-state index contributed by atoms with van der Waals surface area (Å²) in [4.78, 5) is 6.59. The maximum Gasteiger partial charge on any atom is 0.191 e. The lowest BCUT2D eigenvalue weighted by atomic mass is 10.3. The molecule has 6 nitrogen and oxygen atoms in total. The first-order chi connectivity index (χ1) is 8.93. The van der Waals surface area contributed by atoms with E-state index in [2.05, 4.69) is 20.5 Å². The van der Waals surface area contributed by atoms with Gasteiger partial charge in [-0.15, -0.1) is 24.0 Å². The van der Waals surface area contributed by atoms with Crippen molar-refractivity contribution in [3.05, 3.63) is 0 Å². The molecule has 0 amide bonds. The summed E-state index contributed by atoms with van der Waals surface area (Å²) >= 11 is 0. The molecule has 2 N–H and O–H groups in total. The number of halogens is 1. The van der Waals surface area contributed by atoms with Gasteiger partial charge in [0.05, 0.1) is 11.5 Å². The van der Waals surface area contributed by atoms with Crippen molar-refractivity contribution in [3.8, 4) is 0 Å². The monoisotopic (exact) mass is 418 g/mol. The molecule has 0 aromatic heterocycles. The largest absolute Gasteiger partial charge is 0.357 e. The Labute approximate surface area is 139 Å². The number of rotatable bonds is 6. The lowest BCUT2D eigenvalue weighted by Gasteiger charge is -2.16. The number of aliphatic imine (C=N–C) groups is 1. The molecular weight excluding hydrogens is 391 g/mol. The van der Waals surface area contributed by atoms with Crippen LogP contribution >= 0.6 is 24.0 Å². The molecule has 0 bridgehead atoms. The van der Waals surface area contributed by atoms with Gasteiger partial charge in [0.1, 0.15) is 0 Å². The van der Waals surface area contributed by atoms with Crippen LogP contribution in [0.3, 0.4) is 0 Å². The minimum absolute atomic E-state index is 0. The summed E-state index contributed by atoms with van der Waals surface area (Å²) in [6, 6.07) is -0.00310. The average Bonchev–Trinajstić information content (AvgIpc) is 2.64.